The minimum Gasteiger partial charge on any atom is -0.337 e. The van der Waals surface area contributed by atoms with Gasteiger partial charge in [-0.3, -0.25) is 4.79 Å². The number of carbonyl (C=O) groups is 1. The topological polar surface area (TPSA) is 32.3 Å². The van der Waals surface area contributed by atoms with Crippen LogP contribution in [0.1, 0.15) is 30.4 Å². The van der Waals surface area contributed by atoms with Gasteiger partial charge in [0.05, 0.1) is 0 Å². The maximum atomic E-state index is 12.6. The zero-order chi connectivity index (χ0) is 13.4. The second-order valence-electron chi connectivity index (χ2n) is 5.89. The van der Waals surface area contributed by atoms with Crippen LogP contribution in [0, 0.1) is 12.8 Å². The van der Waals surface area contributed by atoms with E-state index in [1.165, 1.54) is 11.1 Å². The number of rotatable bonds is 2. The van der Waals surface area contributed by atoms with Crippen molar-refractivity contribution in [3.8, 4) is 0 Å². The molecule has 3 nitrogen and oxygen atoms in total. The fourth-order valence-corrected chi connectivity index (χ4v) is 3.20. The summed E-state index contributed by atoms with van der Waals surface area (Å²) in [6.07, 6.45) is 1.03. The molecule has 2 fully saturated rings. The van der Waals surface area contributed by atoms with E-state index in [0.29, 0.717) is 17.9 Å². The molecule has 110 valence electrons. The lowest BCUT2D eigenvalue weighted by molar-refractivity contribution is -0.135. The van der Waals surface area contributed by atoms with Crippen molar-refractivity contribution in [3.63, 3.8) is 0 Å². The molecule has 4 heteroatoms. The van der Waals surface area contributed by atoms with E-state index >= 15 is 0 Å². The predicted molar refractivity (Wildman–Crippen MR) is 83.3 cm³/mol. The molecule has 1 saturated heterocycles. The molecule has 2 aliphatic rings. The second kappa shape index (κ2) is 6.15. The fraction of sp³-hybridized carbons (Fsp3) is 0.562. The first-order chi connectivity index (χ1) is 9.18. The van der Waals surface area contributed by atoms with Gasteiger partial charge >= 0.3 is 0 Å². The monoisotopic (exact) mass is 294 g/mol. The molecule has 0 aromatic heterocycles. The van der Waals surface area contributed by atoms with E-state index in [2.05, 4.69) is 48.3 Å². The zero-order valence-corrected chi connectivity index (χ0v) is 13.0. The number of nitrogens with one attached hydrogen (secondary N) is 1. The molecule has 1 aromatic carbocycles. The molecular weight excluding hydrogens is 272 g/mol. The Labute approximate surface area is 127 Å². The Morgan fingerprint density at radius 3 is 2.80 bits per heavy atom. The molecule has 3 rings (SSSR count). The summed E-state index contributed by atoms with van der Waals surface area (Å²) in [4.78, 5) is 14.6. The quantitative estimate of drug-likeness (QED) is 0.908. The number of aryl methyl sites for hydroxylation is 1. The highest BCUT2D eigenvalue weighted by Gasteiger charge is 2.47. The van der Waals surface area contributed by atoms with Crippen LogP contribution in [0.4, 0.5) is 0 Å². The average Bonchev–Trinajstić information content (AvgIpc) is 3.19. The van der Waals surface area contributed by atoms with Crippen LogP contribution in [-0.2, 0) is 4.79 Å². The van der Waals surface area contributed by atoms with Gasteiger partial charge in [0.25, 0.3) is 0 Å². The van der Waals surface area contributed by atoms with Gasteiger partial charge < -0.3 is 10.2 Å². The lowest BCUT2D eigenvalue weighted by Gasteiger charge is -2.34. The number of halogens is 1. The van der Waals surface area contributed by atoms with Crippen molar-refractivity contribution < 1.29 is 4.79 Å². The molecule has 1 aliphatic heterocycles. The lowest BCUT2D eigenvalue weighted by Crippen LogP contribution is -2.52. The predicted octanol–water partition coefficient (Wildman–Crippen LogP) is 2.34. The van der Waals surface area contributed by atoms with E-state index in [-0.39, 0.29) is 18.3 Å². The summed E-state index contributed by atoms with van der Waals surface area (Å²) < 4.78 is 0. The van der Waals surface area contributed by atoms with Crippen molar-refractivity contribution in [1.29, 1.82) is 0 Å². The van der Waals surface area contributed by atoms with Gasteiger partial charge in [-0.15, -0.1) is 12.4 Å². The van der Waals surface area contributed by atoms with Gasteiger partial charge in [-0.05, 0) is 37.3 Å². The summed E-state index contributed by atoms with van der Waals surface area (Å²) in [5.41, 5.74) is 2.68. The maximum absolute atomic E-state index is 12.6. The summed E-state index contributed by atoms with van der Waals surface area (Å²) >= 11 is 0. The van der Waals surface area contributed by atoms with Gasteiger partial charge in [-0.1, -0.05) is 24.3 Å². The van der Waals surface area contributed by atoms with Gasteiger partial charge in [0.15, 0.2) is 0 Å². The molecule has 2 unspecified atom stereocenters. The highest BCUT2D eigenvalue weighted by atomic mass is 35.5. The minimum atomic E-state index is 0. The first-order valence-corrected chi connectivity index (χ1v) is 7.25. The van der Waals surface area contributed by atoms with Crippen LogP contribution in [0.5, 0.6) is 0 Å². The number of hydrogen-bond donors (Lipinski definition) is 1. The van der Waals surface area contributed by atoms with Crippen molar-refractivity contribution in [1.82, 2.24) is 10.2 Å². The molecule has 1 heterocycles. The van der Waals surface area contributed by atoms with Gasteiger partial charge in [-0.25, -0.2) is 0 Å². The third-order valence-electron chi connectivity index (χ3n) is 4.48. The van der Waals surface area contributed by atoms with E-state index in [4.69, 9.17) is 0 Å². The largest absolute Gasteiger partial charge is 0.337 e. The SMILES string of the molecule is Cc1ccccc1C1CC1C(=O)N1CCNC[C@H]1C.Cl. The molecule has 1 aliphatic carbocycles. The summed E-state index contributed by atoms with van der Waals surface area (Å²) in [5.74, 6) is 1.04. The number of benzene rings is 1. The summed E-state index contributed by atoms with van der Waals surface area (Å²) in [5, 5.41) is 3.34. The molecule has 0 bridgehead atoms. The Kier molecular flexibility index (Phi) is 4.71. The minimum absolute atomic E-state index is 0. The van der Waals surface area contributed by atoms with Crippen molar-refractivity contribution >= 4 is 18.3 Å². The van der Waals surface area contributed by atoms with Crippen LogP contribution in [-0.4, -0.2) is 36.5 Å². The van der Waals surface area contributed by atoms with E-state index in [1.54, 1.807) is 0 Å². The van der Waals surface area contributed by atoms with E-state index in [9.17, 15) is 4.79 Å². The number of nitrogens with zero attached hydrogens (tertiary/aromatic N) is 1. The Morgan fingerprint density at radius 1 is 1.35 bits per heavy atom. The van der Waals surface area contributed by atoms with Gasteiger partial charge in [0.2, 0.25) is 5.91 Å². The smallest absolute Gasteiger partial charge is 0.226 e. The third-order valence-corrected chi connectivity index (χ3v) is 4.48. The Morgan fingerprint density at radius 2 is 2.10 bits per heavy atom. The number of carbonyl (C=O) groups excluding carboxylic acids is 1. The van der Waals surface area contributed by atoms with Crippen LogP contribution >= 0.6 is 12.4 Å². The Hall–Kier alpha value is -1.06. The lowest BCUT2D eigenvalue weighted by atomic mass is 10.0. The Balaban J connectivity index is 0.00000147. The van der Waals surface area contributed by atoms with Crippen molar-refractivity contribution in [2.75, 3.05) is 19.6 Å². The summed E-state index contributed by atoms with van der Waals surface area (Å²) in [6, 6.07) is 8.79. The molecule has 20 heavy (non-hydrogen) atoms. The molecule has 0 spiro atoms. The molecule has 1 amide bonds. The summed E-state index contributed by atoms with van der Waals surface area (Å²) in [6.45, 7) is 6.99. The second-order valence-corrected chi connectivity index (χ2v) is 5.89. The van der Waals surface area contributed by atoms with E-state index in [1.807, 2.05) is 0 Å². The van der Waals surface area contributed by atoms with Crippen molar-refractivity contribution in [2.45, 2.75) is 32.2 Å². The van der Waals surface area contributed by atoms with Crippen LogP contribution in [0.25, 0.3) is 0 Å². The normalized spacial score (nSPS) is 28.7. The third kappa shape index (κ3) is 2.84. The first kappa shape index (κ1) is 15.3. The number of amides is 1. The highest BCUT2D eigenvalue weighted by Crippen LogP contribution is 2.49. The van der Waals surface area contributed by atoms with Crippen LogP contribution in [0.3, 0.4) is 0 Å². The zero-order valence-electron chi connectivity index (χ0n) is 12.1. The van der Waals surface area contributed by atoms with E-state index in [0.717, 1.165) is 26.1 Å². The highest BCUT2D eigenvalue weighted by molar-refractivity contribution is 5.85. The molecular formula is C16H23ClN2O. The standard InChI is InChI=1S/C16H22N2O.ClH/c1-11-5-3-4-6-13(11)14-9-15(14)16(19)18-8-7-17-10-12(18)2;/h3-6,12,14-15,17H,7-10H2,1-2H3;1H/t12-,14?,15?;/m1./s1. The van der Waals surface area contributed by atoms with Crippen molar-refractivity contribution in [3.05, 3.63) is 35.4 Å². The number of piperazine rings is 1. The van der Waals surface area contributed by atoms with Crippen LogP contribution in [0.15, 0.2) is 24.3 Å². The van der Waals surface area contributed by atoms with Gasteiger partial charge in [0, 0.05) is 31.6 Å². The molecule has 0 radical (unpaired) electrons. The summed E-state index contributed by atoms with van der Waals surface area (Å²) in [7, 11) is 0. The number of hydrogen-bond acceptors (Lipinski definition) is 2. The fourth-order valence-electron chi connectivity index (χ4n) is 3.20. The average molecular weight is 295 g/mol. The molecule has 3 atom stereocenters. The van der Waals surface area contributed by atoms with Gasteiger partial charge in [0.1, 0.15) is 0 Å². The molecule has 1 aromatic rings. The van der Waals surface area contributed by atoms with Crippen LogP contribution < -0.4 is 5.32 Å². The molecule has 1 saturated carbocycles. The van der Waals surface area contributed by atoms with E-state index < -0.39 is 0 Å². The van der Waals surface area contributed by atoms with Crippen LogP contribution in [0.2, 0.25) is 0 Å². The maximum Gasteiger partial charge on any atom is 0.226 e. The van der Waals surface area contributed by atoms with Gasteiger partial charge in [-0.2, -0.15) is 0 Å². The first-order valence-electron chi connectivity index (χ1n) is 7.25. The Bertz CT molecular complexity index is 491. The molecule has 1 N–H and O–H groups in total. The van der Waals surface area contributed by atoms with Crippen molar-refractivity contribution in [2.24, 2.45) is 5.92 Å².